The summed E-state index contributed by atoms with van der Waals surface area (Å²) in [6.45, 7) is 8.86. The molecule has 0 bridgehead atoms. The minimum atomic E-state index is -3.74. The third-order valence-electron chi connectivity index (χ3n) is 3.77. The Morgan fingerprint density at radius 3 is 2.41 bits per heavy atom. The lowest BCUT2D eigenvalue weighted by molar-refractivity contribution is 0.0950. The molecule has 0 radical (unpaired) electrons. The normalized spacial score (nSPS) is 12.0. The number of benzene rings is 1. The van der Waals surface area contributed by atoms with Gasteiger partial charge >= 0.3 is 0 Å². The summed E-state index contributed by atoms with van der Waals surface area (Å²) >= 11 is 0. The van der Waals surface area contributed by atoms with Crippen molar-refractivity contribution in [2.75, 3.05) is 0 Å². The zero-order chi connectivity index (χ0) is 20.4. The molecule has 1 amide bonds. The van der Waals surface area contributed by atoms with Gasteiger partial charge in [0.1, 0.15) is 0 Å². The number of amides is 1. The number of rotatable bonds is 5. The van der Waals surface area contributed by atoms with Crippen LogP contribution in [0, 0.1) is 13.8 Å². The van der Waals surface area contributed by atoms with Crippen LogP contribution in [-0.2, 0) is 16.6 Å². The van der Waals surface area contributed by atoms with Crippen LogP contribution in [-0.4, -0.2) is 24.8 Å². The van der Waals surface area contributed by atoms with Gasteiger partial charge in [0, 0.05) is 28.9 Å². The number of carbonyl (C=O) groups excluding carboxylic acids is 1. The van der Waals surface area contributed by atoms with Gasteiger partial charge in [-0.15, -0.1) is 0 Å². The standard InChI is InChI=1S/C19H25N3O4S/c1-12-9-13(2)21-18(24)16(12)11-20-17(23)14-7-6-8-15(10-14)27(25,26)22-19(3,4)5/h6-10,22H,11H2,1-5H3,(H,20,23)(H,21,24). The Hall–Kier alpha value is -2.45. The van der Waals surface area contributed by atoms with Crippen molar-refractivity contribution in [1.29, 1.82) is 0 Å². The molecule has 0 aliphatic rings. The van der Waals surface area contributed by atoms with E-state index in [4.69, 9.17) is 0 Å². The van der Waals surface area contributed by atoms with E-state index in [9.17, 15) is 18.0 Å². The SMILES string of the molecule is Cc1cc(C)c(CNC(=O)c2cccc(S(=O)(=O)NC(C)(C)C)c2)c(=O)[nH]1. The predicted octanol–water partition coefficient (Wildman–Crippen LogP) is 2.00. The fourth-order valence-corrected chi connectivity index (χ4v) is 4.10. The van der Waals surface area contributed by atoms with Gasteiger partial charge < -0.3 is 10.3 Å². The maximum Gasteiger partial charge on any atom is 0.253 e. The smallest absolute Gasteiger partial charge is 0.253 e. The van der Waals surface area contributed by atoms with Crippen molar-refractivity contribution < 1.29 is 13.2 Å². The minimum Gasteiger partial charge on any atom is -0.348 e. The highest BCUT2D eigenvalue weighted by Gasteiger charge is 2.22. The van der Waals surface area contributed by atoms with Crippen molar-refractivity contribution in [3.05, 3.63) is 63.1 Å². The second-order valence-corrected chi connectivity index (χ2v) is 9.19. The molecule has 1 aromatic carbocycles. The molecule has 0 saturated carbocycles. The lowest BCUT2D eigenvalue weighted by atomic mass is 10.1. The number of aromatic amines is 1. The number of carbonyl (C=O) groups is 1. The van der Waals surface area contributed by atoms with Gasteiger partial charge in [0.15, 0.2) is 0 Å². The summed E-state index contributed by atoms with van der Waals surface area (Å²) in [6, 6.07) is 7.61. The number of sulfonamides is 1. The summed E-state index contributed by atoms with van der Waals surface area (Å²) in [5, 5.41) is 2.67. The molecule has 2 aromatic rings. The van der Waals surface area contributed by atoms with E-state index in [1.165, 1.54) is 24.3 Å². The largest absolute Gasteiger partial charge is 0.348 e. The summed E-state index contributed by atoms with van der Waals surface area (Å²) in [7, 11) is -3.74. The van der Waals surface area contributed by atoms with E-state index < -0.39 is 21.5 Å². The van der Waals surface area contributed by atoms with Gasteiger partial charge in [-0.2, -0.15) is 0 Å². The first-order chi connectivity index (χ1) is 12.4. The van der Waals surface area contributed by atoms with Gasteiger partial charge in [0.2, 0.25) is 10.0 Å². The third-order valence-corrected chi connectivity index (χ3v) is 5.52. The van der Waals surface area contributed by atoms with Crippen LogP contribution in [0.5, 0.6) is 0 Å². The molecule has 0 spiro atoms. The summed E-state index contributed by atoms with van der Waals surface area (Å²) in [5.74, 6) is -0.456. The van der Waals surface area contributed by atoms with Crippen molar-refractivity contribution >= 4 is 15.9 Å². The first-order valence-corrected chi connectivity index (χ1v) is 9.99. The molecular weight excluding hydrogens is 366 g/mol. The Balaban J connectivity index is 2.20. The number of aromatic nitrogens is 1. The number of H-pyrrole nitrogens is 1. The van der Waals surface area contributed by atoms with Gasteiger partial charge in [0.05, 0.1) is 4.90 Å². The Kier molecular flexibility index (Phi) is 5.91. The molecule has 0 aliphatic carbocycles. The second kappa shape index (κ2) is 7.66. The van der Waals surface area contributed by atoms with E-state index in [-0.39, 0.29) is 22.6 Å². The predicted molar refractivity (Wildman–Crippen MR) is 104 cm³/mol. The van der Waals surface area contributed by atoms with Crippen molar-refractivity contribution in [1.82, 2.24) is 15.0 Å². The third kappa shape index (κ3) is 5.51. The van der Waals surface area contributed by atoms with Gasteiger partial charge in [-0.05, 0) is 64.4 Å². The Bertz CT molecular complexity index is 1020. The van der Waals surface area contributed by atoms with Crippen molar-refractivity contribution in [3.8, 4) is 0 Å². The lowest BCUT2D eigenvalue weighted by Gasteiger charge is -2.20. The van der Waals surface area contributed by atoms with Crippen molar-refractivity contribution in [2.24, 2.45) is 0 Å². The van der Waals surface area contributed by atoms with Crippen LogP contribution in [0.15, 0.2) is 40.0 Å². The summed E-state index contributed by atoms with van der Waals surface area (Å²) < 4.78 is 27.4. The molecule has 1 heterocycles. The molecule has 0 aliphatic heterocycles. The molecule has 0 unspecified atom stereocenters. The topological polar surface area (TPSA) is 108 Å². The average molecular weight is 391 g/mol. The lowest BCUT2D eigenvalue weighted by Crippen LogP contribution is -2.40. The quantitative estimate of drug-likeness (QED) is 0.724. The van der Waals surface area contributed by atoms with Crippen LogP contribution >= 0.6 is 0 Å². The summed E-state index contributed by atoms with van der Waals surface area (Å²) in [4.78, 5) is 27.2. The maximum absolute atomic E-state index is 12.4. The zero-order valence-corrected chi connectivity index (χ0v) is 17.0. The molecule has 0 fully saturated rings. The highest BCUT2D eigenvalue weighted by molar-refractivity contribution is 7.89. The molecule has 3 N–H and O–H groups in total. The summed E-state index contributed by atoms with van der Waals surface area (Å²) in [6.07, 6.45) is 0. The van der Waals surface area contributed by atoms with Crippen LogP contribution in [0.1, 0.15) is 48.0 Å². The number of pyridine rings is 1. The molecular formula is C19H25N3O4S. The minimum absolute atomic E-state index is 0.00874. The Morgan fingerprint density at radius 1 is 1.15 bits per heavy atom. The zero-order valence-electron chi connectivity index (χ0n) is 16.1. The first-order valence-electron chi connectivity index (χ1n) is 8.51. The molecule has 1 aromatic heterocycles. The van der Waals surface area contributed by atoms with E-state index in [0.29, 0.717) is 5.56 Å². The first kappa shape index (κ1) is 20.9. The number of hydrogen-bond acceptors (Lipinski definition) is 4. The second-order valence-electron chi connectivity index (χ2n) is 7.51. The van der Waals surface area contributed by atoms with E-state index in [1.807, 2.05) is 6.07 Å². The maximum atomic E-state index is 12.4. The van der Waals surface area contributed by atoms with Crippen LogP contribution < -0.4 is 15.6 Å². The molecule has 27 heavy (non-hydrogen) atoms. The fourth-order valence-electron chi connectivity index (χ4n) is 2.64. The molecule has 146 valence electrons. The average Bonchev–Trinajstić information content (AvgIpc) is 2.51. The van der Waals surface area contributed by atoms with Gasteiger partial charge in [0.25, 0.3) is 11.5 Å². The van der Waals surface area contributed by atoms with Crippen LogP contribution in [0.25, 0.3) is 0 Å². The van der Waals surface area contributed by atoms with Crippen molar-refractivity contribution in [3.63, 3.8) is 0 Å². The Labute approximate surface area is 159 Å². The van der Waals surface area contributed by atoms with E-state index in [2.05, 4.69) is 15.0 Å². The van der Waals surface area contributed by atoms with Gasteiger partial charge in [-0.3, -0.25) is 9.59 Å². The number of nitrogens with one attached hydrogen (secondary N) is 3. The number of aryl methyl sites for hydroxylation is 2. The van der Waals surface area contributed by atoms with Gasteiger partial charge in [-0.25, -0.2) is 13.1 Å². The van der Waals surface area contributed by atoms with E-state index in [1.54, 1.807) is 34.6 Å². The monoisotopic (exact) mass is 391 g/mol. The van der Waals surface area contributed by atoms with Crippen LogP contribution in [0.4, 0.5) is 0 Å². The Morgan fingerprint density at radius 2 is 1.81 bits per heavy atom. The molecule has 0 saturated heterocycles. The molecule has 0 atom stereocenters. The highest BCUT2D eigenvalue weighted by Crippen LogP contribution is 2.15. The van der Waals surface area contributed by atoms with Crippen LogP contribution in [0.3, 0.4) is 0 Å². The molecule has 8 heteroatoms. The van der Waals surface area contributed by atoms with E-state index >= 15 is 0 Å². The highest BCUT2D eigenvalue weighted by atomic mass is 32.2. The van der Waals surface area contributed by atoms with Crippen LogP contribution in [0.2, 0.25) is 0 Å². The molecule has 2 rings (SSSR count). The number of hydrogen-bond donors (Lipinski definition) is 3. The van der Waals surface area contributed by atoms with Gasteiger partial charge in [-0.1, -0.05) is 6.07 Å². The summed E-state index contributed by atoms with van der Waals surface area (Å²) in [5.41, 5.74) is 1.30. The molecule has 7 nitrogen and oxygen atoms in total. The van der Waals surface area contributed by atoms with Crippen molar-refractivity contribution in [2.45, 2.75) is 51.6 Å². The fraction of sp³-hybridized carbons (Fsp3) is 0.368. The van der Waals surface area contributed by atoms with E-state index in [0.717, 1.165) is 11.3 Å².